The Morgan fingerprint density at radius 2 is 1.66 bits per heavy atom. The predicted octanol–water partition coefficient (Wildman–Crippen LogP) is 3.69. The number of hydrogen-bond acceptors (Lipinski definition) is 10. The van der Waals surface area contributed by atoms with Gasteiger partial charge >= 0.3 is 0 Å². The third kappa shape index (κ3) is 13.7. The molecule has 0 radical (unpaired) electrons. The van der Waals surface area contributed by atoms with Gasteiger partial charge in [-0.25, -0.2) is 0 Å². The van der Waals surface area contributed by atoms with Gasteiger partial charge in [0.05, 0.1) is 25.1 Å². The third-order valence-corrected chi connectivity index (χ3v) is 11.3. The van der Waals surface area contributed by atoms with Crippen molar-refractivity contribution in [3.8, 4) is 0 Å². The van der Waals surface area contributed by atoms with Gasteiger partial charge in [0.2, 0.25) is 23.6 Å². The van der Waals surface area contributed by atoms with Crippen molar-refractivity contribution < 1.29 is 33.4 Å². The molecule has 2 aliphatic rings. The number of nitrogens with zero attached hydrogens (tertiary/aromatic N) is 1. The van der Waals surface area contributed by atoms with Gasteiger partial charge in [0, 0.05) is 23.2 Å². The van der Waals surface area contributed by atoms with Gasteiger partial charge in [-0.15, -0.1) is 0 Å². The number of fused-ring (bicyclic) bond motifs is 2. The van der Waals surface area contributed by atoms with Crippen molar-refractivity contribution in [2.24, 2.45) is 16.8 Å². The number of carbonyl (C=O) groups is 4. The third-order valence-electron chi connectivity index (χ3n) is 11.3. The van der Waals surface area contributed by atoms with Crippen molar-refractivity contribution in [3.63, 3.8) is 0 Å². The molecule has 0 spiro atoms. The van der Waals surface area contributed by atoms with Crippen molar-refractivity contribution in [1.29, 1.82) is 0 Å². The molecule has 2 saturated heterocycles. The zero-order chi connectivity index (χ0) is 46.2. The lowest BCUT2D eigenvalue weighted by Gasteiger charge is -2.26. The highest BCUT2D eigenvalue weighted by atomic mass is 16.8. The molecule has 0 aliphatic carbocycles. The normalized spacial score (nSPS) is 19.9. The number of aromatic nitrogens is 1. The van der Waals surface area contributed by atoms with Crippen LogP contribution in [0.1, 0.15) is 63.6 Å². The van der Waals surface area contributed by atoms with Gasteiger partial charge < -0.3 is 46.2 Å². The summed E-state index contributed by atoms with van der Waals surface area (Å²) in [4.78, 5) is 68.8. The van der Waals surface area contributed by atoms with Crippen LogP contribution in [0.3, 0.4) is 0 Å². The first-order chi connectivity index (χ1) is 30.7. The maximum Gasteiger partial charge on any atom is 0.243 e. The van der Waals surface area contributed by atoms with Gasteiger partial charge in [-0.3, -0.25) is 19.2 Å². The maximum atomic E-state index is 14.0. The average Bonchev–Trinajstić information content (AvgIpc) is 3.94. The number of nitrogens with one attached hydrogen (secondary N) is 5. The van der Waals surface area contributed by atoms with E-state index in [4.69, 9.17) is 19.9 Å². The SMILES string of the molecule is C=C/C=c1/c(C)c[nH]/c1=C/C.CC(N=O)C(Cc1ccccc1)C(=O)NCC(=O)NC(CCCCN)C(=O)NC(Cc1ccc2ccccc2c1)C(=O)NC1COC2OC(C)(C)OC12. The summed E-state index contributed by atoms with van der Waals surface area (Å²) in [5, 5.41) is 18.7. The molecule has 7 N–H and O–H groups in total. The summed E-state index contributed by atoms with van der Waals surface area (Å²) in [5.41, 5.74) is 8.65. The summed E-state index contributed by atoms with van der Waals surface area (Å²) in [6.07, 6.45) is 8.54. The second-order valence-electron chi connectivity index (χ2n) is 16.6. The molecule has 7 unspecified atom stereocenters. The first-order valence-electron chi connectivity index (χ1n) is 21.9. The first-order valence-corrected chi connectivity index (χ1v) is 21.9. The Labute approximate surface area is 374 Å². The fourth-order valence-electron chi connectivity index (χ4n) is 7.80. The lowest BCUT2D eigenvalue weighted by atomic mass is 9.92. The molecule has 7 atom stereocenters. The van der Waals surface area contributed by atoms with E-state index in [0.717, 1.165) is 21.9 Å². The van der Waals surface area contributed by atoms with E-state index in [1.165, 1.54) is 16.1 Å². The van der Waals surface area contributed by atoms with Gasteiger partial charge in [0.15, 0.2) is 12.1 Å². The van der Waals surface area contributed by atoms with E-state index in [0.29, 0.717) is 19.4 Å². The zero-order valence-electron chi connectivity index (χ0n) is 37.4. The van der Waals surface area contributed by atoms with Crippen molar-refractivity contribution >= 4 is 46.6 Å². The van der Waals surface area contributed by atoms with Gasteiger partial charge in [0.25, 0.3) is 0 Å². The van der Waals surface area contributed by atoms with E-state index in [2.05, 4.69) is 51.0 Å². The number of hydrogen-bond donors (Lipinski definition) is 6. The van der Waals surface area contributed by atoms with Crippen LogP contribution < -0.4 is 37.6 Å². The summed E-state index contributed by atoms with van der Waals surface area (Å²) >= 11 is 0. The molecule has 3 aromatic carbocycles. The van der Waals surface area contributed by atoms with Crippen LogP contribution >= 0.6 is 0 Å². The standard InChI is InChI=1S/C39H50N6O8.C10H13N/c1-24(45-50)29(20-25-11-5-4-6-12-25)35(47)41-22-33(46)42-30(15-9-10-18-40)36(48)43-31(21-26-16-17-27-13-7-8-14-28(27)19-26)37(49)44-32-23-51-38-34(32)52-39(2,3)53-38;1-4-6-9-8(3)7-11-10(9)5-2/h4-8,11-14,16-17,19,24,29-32,34,38H,9-10,15,18,20-23,40H2,1-3H3,(H,41,47)(H,42,46)(H,43,48)(H,44,49);4-7,11H,1H2,2-3H3/b;9-6-,10-5+. The summed E-state index contributed by atoms with van der Waals surface area (Å²) in [7, 11) is 0. The molecule has 2 aliphatic heterocycles. The van der Waals surface area contributed by atoms with Crippen molar-refractivity contribution in [2.75, 3.05) is 19.7 Å². The van der Waals surface area contributed by atoms with E-state index >= 15 is 0 Å². The van der Waals surface area contributed by atoms with Crippen LogP contribution in [0.4, 0.5) is 0 Å². The molecule has 4 aromatic rings. The smallest absolute Gasteiger partial charge is 0.243 e. The highest BCUT2D eigenvalue weighted by molar-refractivity contribution is 5.94. The molecule has 0 saturated carbocycles. The number of carbonyl (C=O) groups excluding carboxylic acids is 4. The molecular formula is C49H63N7O8. The number of aryl methyl sites for hydroxylation is 1. The number of rotatable bonds is 19. The molecule has 4 amide bonds. The highest BCUT2D eigenvalue weighted by Gasteiger charge is 2.51. The number of allylic oxidation sites excluding steroid dienone is 1. The summed E-state index contributed by atoms with van der Waals surface area (Å²) in [6.45, 7) is 13.0. The van der Waals surface area contributed by atoms with Crippen LogP contribution in [0.15, 0.2) is 96.8 Å². The van der Waals surface area contributed by atoms with Crippen LogP contribution in [-0.4, -0.2) is 90.7 Å². The van der Waals surface area contributed by atoms with Crippen molar-refractivity contribution in [2.45, 2.75) is 109 Å². The van der Waals surface area contributed by atoms with Crippen molar-refractivity contribution in [1.82, 2.24) is 26.3 Å². The highest BCUT2D eigenvalue weighted by Crippen LogP contribution is 2.34. The number of benzene rings is 3. The summed E-state index contributed by atoms with van der Waals surface area (Å²) in [6, 6.07) is 19.5. The summed E-state index contributed by atoms with van der Waals surface area (Å²) in [5.74, 6) is -3.81. The largest absolute Gasteiger partial charge is 0.361 e. The number of nitroso groups, excluding NO2 is 1. The molecule has 1 aromatic heterocycles. The molecule has 15 nitrogen and oxygen atoms in total. The van der Waals surface area contributed by atoms with Gasteiger partial charge in [-0.05, 0) is 94.3 Å². The predicted molar refractivity (Wildman–Crippen MR) is 248 cm³/mol. The number of amides is 4. The Balaban J connectivity index is 0.000000611. The molecule has 64 heavy (non-hydrogen) atoms. The Morgan fingerprint density at radius 1 is 0.922 bits per heavy atom. The Kier molecular flexibility index (Phi) is 18.1. The Hall–Kier alpha value is -6.00. The van der Waals surface area contributed by atoms with Gasteiger partial charge in [-0.2, -0.15) is 4.91 Å². The monoisotopic (exact) mass is 877 g/mol. The van der Waals surface area contributed by atoms with Crippen LogP contribution in [0.25, 0.3) is 22.9 Å². The summed E-state index contributed by atoms with van der Waals surface area (Å²) < 4.78 is 17.5. The van der Waals surface area contributed by atoms with Crippen molar-refractivity contribution in [3.05, 3.63) is 124 Å². The van der Waals surface area contributed by atoms with Gasteiger partial charge in [-0.1, -0.05) is 103 Å². The fourth-order valence-corrected chi connectivity index (χ4v) is 7.80. The minimum atomic E-state index is -1.03. The zero-order valence-corrected chi connectivity index (χ0v) is 37.4. The second-order valence-corrected chi connectivity index (χ2v) is 16.6. The van der Waals surface area contributed by atoms with Crippen LogP contribution in [0.5, 0.6) is 0 Å². The number of aromatic amines is 1. The molecule has 2 fully saturated rings. The molecule has 6 rings (SSSR count). The van der Waals surface area contributed by atoms with E-state index in [1.54, 1.807) is 20.8 Å². The fraction of sp³-hybridized carbons (Fsp3) is 0.429. The lowest BCUT2D eigenvalue weighted by Crippen LogP contribution is -2.57. The lowest BCUT2D eigenvalue weighted by molar-refractivity contribution is -0.194. The molecular weight excluding hydrogens is 815 g/mol. The Morgan fingerprint density at radius 3 is 2.36 bits per heavy atom. The number of unbranched alkanes of at least 4 members (excludes halogenated alkanes) is 1. The van der Waals surface area contributed by atoms with Crippen LogP contribution in [0.2, 0.25) is 0 Å². The average molecular weight is 878 g/mol. The van der Waals surface area contributed by atoms with Crippen LogP contribution in [0, 0.1) is 17.7 Å². The second kappa shape index (κ2) is 23.6. The van der Waals surface area contributed by atoms with Crippen LogP contribution in [-0.2, 0) is 46.2 Å². The Bertz CT molecular complexity index is 2350. The molecule has 15 heteroatoms. The minimum Gasteiger partial charge on any atom is -0.361 e. The number of H-pyrrole nitrogens is 1. The topological polar surface area (TPSA) is 215 Å². The number of nitrogens with two attached hydrogens (primary N) is 1. The van der Waals surface area contributed by atoms with E-state index in [9.17, 15) is 24.1 Å². The van der Waals surface area contributed by atoms with E-state index < -0.39 is 78.4 Å². The molecule has 3 heterocycles. The van der Waals surface area contributed by atoms with E-state index in [-0.39, 0.29) is 25.9 Å². The van der Waals surface area contributed by atoms with E-state index in [1.807, 2.05) is 98.1 Å². The quantitative estimate of drug-likeness (QED) is 0.0598. The molecule has 342 valence electrons. The maximum absolute atomic E-state index is 14.0. The minimum absolute atomic E-state index is 0.165. The van der Waals surface area contributed by atoms with Gasteiger partial charge in [0.1, 0.15) is 24.2 Å². The first kappa shape index (κ1) is 49.0. The number of ether oxygens (including phenoxy) is 3. The molecule has 0 bridgehead atoms.